The molecule has 0 saturated carbocycles. The van der Waals surface area contributed by atoms with Crippen LogP contribution < -0.4 is 28.4 Å². The molecule has 0 radical (unpaired) electrons. The van der Waals surface area contributed by atoms with Gasteiger partial charge in [-0.1, -0.05) is 44.2 Å². The van der Waals surface area contributed by atoms with Gasteiger partial charge in [0.15, 0.2) is 23.0 Å². The molecule has 11 heteroatoms. The third kappa shape index (κ3) is 6.18. The minimum atomic E-state index is -0.890. The van der Waals surface area contributed by atoms with Crippen LogP contribution in [0.2, 0.25) is 0 Å². The molecular weight excluding hydrogens is 628 g/mol. The molecule has 2 heterocycles. The van der Waals surface area contributed by atoms with E-state index in [-0.39, 0.29) is 31.4 Å². The summed E-state index contributed by atoms with van der Waals surface area (Å²) >= 11 is 0. The van der Waals surface area contributed by atoms with Crippen LogP contribution in [-0.4, -0.2) is 77.1 Å². The van der Waals surface area contributed by atoms with Crippen LogP contribution in [0.4, 0.5) is 4.79 Å². The van der Waals surface area contributed by atoms with E-state index in [0.29, 0.717) is 56.9 Å². The molecule has 0 aliphatic carbocycles. The van der Waals surface area contributed by atoms with Crippen LogP contribution in [0.3, 0.4) is 0 Å². The molecule has 0 unspecified atom stereocenters. The lowest BCUT2D eigenvalue weighted by Gasteiger charge is -2.51. The van der Waals surface area contributed by atoms with Gasteiger partial charge in [0.2, 0.25) is 5.91 Å². The first-order valence-electron chi connectivity index (χ1n) is 16.2. The molecule has 2 aliphatic rings. The van der Waals surface area contributed by atoms with Crippen LogP contribution >= 0.6 is 0 Å². The van der Waals surface area contributed by atoms with Gasteiger partial charge < -0.3 is 38.1 Å². The number of rotatable bonds is 11. The second-order valence-electron chi connectivity index (χ2n) is 12.5. The van der Waals surface area contributed by atoms with Crippen molar-refractivity contribution in [1.29, 1.82) is 0 Å². The summed E-state index contributed by atoms with van der Waals surface area (Å²) in [5.41, 5.74) is 4.87. The molecule has 1 fully saturated rings. The van der Waals surface area contributed by atoms with Crippen molar-refractivity contribution in [3.05, 3.63) is 75.5 Å². The van der Waals surface area contributed by atoms with E-state index < -0.39 is 18.2 Å². The first-order chi connectivity index (χ1) is 23.6. The van der Waals surface area contributed by atoms with Gasteiger partial charge in [0, 0.05) is 39.9 Å². The first-order valence-corrected chi connectivity index (χ1v) is 16.2. The van der Waals surface area contributed by atoms with Crippen LogP contribution in [0, 0.1) is 19.8 Å². The Morgan fingerprint density at radius 1 is 0.837 bits per heavy atom. The summed E-state index contributed by atoms with van der Waals surface area (Å²) in [5, 5.41) is 0. The Hall–Kier alpha value is -5.06. The van der Waals surface area contributed by atoms with Crippen molar-refractivity contribution in [3.63, 3.8) is 0 Å². The number of benzene rings is 3. The van der Waals surface area contributed by atoms with Gasteiger partial charge in [-0.2, -0.15) is 0 Å². The molecule has 5 rings (SSSR count). The summed E-state index contributed by atoms with van der Waals surface area (Å²) in [4.78, 5) is 32.4. The number of carbonyl (C=O) groups excluding carboxylic acids is 2. The topological polar surface area (TPSA) is 105 Å². The number of methoxy groups -OCH3 is 6. The normalized spacial score (nSPS) is 17.5. The van der Waals surface area contributed by atoms with Crippen molar-refractivity contribution in [1.82, 2.24) is 9.80 Å². The maximum Gasteiger partial charge on any atom is 0.411 e. The third-order valence-electron chi connectivity index (χ3n) is 9.09. The summed E-state index contributed by atoms with van der Waals surface area (Å²) in [6.45, 7) is 8.12. The van der Waals surface area contributed by atoms with Gasteiger partial charge in [-0.3, -0.25) is 9.69 Å². The van der Waals surface area contributed by atoms with Gasteiger partial charge in [0.1, 0.15) is 23.6 Å². The lowest BCUT2D eigenvalue weighted by Crippen LogP contribution is -2.61. The lowest BCUT2D eigenvalue weighted by atomic mass is 9.80. The minimum absolute atomic E-state index is 0.0811. The molecule has 49 heavy (non-hydrogen) atoms. The fourth-order valence-corrected chi connectivity index (χ4v) is 7.02. The van der Waals surface area contributed by atoms with Crippen LogP contribution in [-0.2, 0) is 22.5 Å². The van der Waals surface area contributed by atoms with Crippen LogP contribution in [0.1, 0.15) is 53.3 Å². The average Bonchev–Trinajstić information content (AvgIpc) is 3.10. The van der Waals surface area contributed by atoms with Gasteiger partial charge in [0.25, 0.3) is 0 Å². The molecule has 1 saturated heterocycles. The van der Waals surface area contributed by atoms with Gasteiger partial charge in [0.05, 0.1) is 55.8 Å². The van der Waals surface area contributed by atoms with E-state index in [1.807, 2.05) is 64.1 Å². The van der Waals surface area contributed by atoms with Crippen molar-refractivity contribution >= 4 is 18.1 Å². The predicted molar refractivity (Wildman–Crippen MR) is 185 cm³/mol. The van der Waals surface area contributed by atoms with Crippen LogP contribution in [0.5, 0.6) is 34.5 Å². The highest BCUT2D eigenvalue weighted by Gasteiger charge is 2.54. The maximum atomic E-state index is 14.9. The highest BCUT2D eigenvalue weighted by Crippen LogP contribution is 2.55. The fourth-order valence-electron chi connectivity index (χ4n) is 7.02. The Balaban J connectivity index is 1.90. The second kappa shape index (κ2) is 14.6. The van der Waals surface area contributed by atoms with E-state index in [0.717, 1.165) is 16.7 Å². The van der Waals surface area contributed by atoms with E-state index in [1.165, 1.54) is 4.90 Å². The van der Waals surface area contributed by atoms with E-state index in [4.69, 9.17) is 33.2 Å². The minimum Gasteiger partial charge on any atom is -0.496 e. The van der Waals surface area contributed by atoms with Gasteiger partial charge in [-0.25, -0.2) is 4.79 Å². The zero-order valence-corrected chi connectivity index (χ0v) is 30.0. The SMILES string of the molecule is COc1cc(C=C2[C@H]3c4c(c(OC)c(C)c(OC)c4OC)C[C@@H](C(=O)N2Cc2ccccc2)N3C(=O)OCC(C)C)c(OC)c(C)c1OC. The smallest absolute Gasteiger partial charge is 0.411 e. The third-order valence-corrected chi connectivity index (χ3v) is 9.09. The summed E-state index contributed by atoms with van der Waals surface area (Å²) in [5.74, 6) is 2.83. The Morgan fingerprint density at radius 2 is 1.45 bits per heavy atom. The van der Waals surface area contributed by atoms with Crippen LogP contribution in [0.25, 0.3) is 6.08 Å². The number of carbonyl (C=O) groups is 2. The number of amides is 2. The largest absolute Gasteiger partial charge is 0.496 e. The molecule has 2 amide bonds. The Labute approximate surface area is 288 Å². The van der Waals surface area contributed by atoms with Gasteiger partial charge in [-0.05, 0) is 37.5 Å². The van der Waals surface area contributed by atoms with E-state index >= 15 is 0 Å². The van der Waals surface area contributed by atoms with Crippen LogP contribution in [0.15, 0.2) is 42.1 Å². The lowest BCUT2D eigenvalue weighted by molar-refractivity contribution is -0.141. The zero-order chi connectivity index (χ0) is 35.6. The molecule has 3 aromatic rings. The standard InChI is InChI=1S/C38H46N2O9/c1-21(2)20-49-38(42)40-28-18-26-30(36(48-10)35(47-9)23(4)33(26)45-7)31(40)27(39(37(28)41)19-24-14-12-11-13-15-24)16-25-17-29(43-5)34(46-8)22(3)32(25)44-6/h11-17,21,28,31H,18-20H2,1-10H3/t28-,31-/m0/s1. The quantitative estimate of drug-likeness (QED) is 0.226. The Bertz CT molecular complexity index is 1750. The van der Waals surface area contributed by atoms with Crippen molar-refractivity contribution < 1.29 is 42.7 Å². The molecule has 11 nitrogen and oxygen atoms in total. The molecule has 2 atom stereocenters. The Morgan fingerprint density at radius 3 is 2.02 bits per heavy atom. The number of ether oxygens (including phenoxy) is 7. The van der Waals surface area contributed by atoms with Crippen molar-refractivity contribution in [2.75, 3.05) is 49.3 Å². The number of fused-ring (bicyclic) bond motifs is 4. The molecular formula is C38H46N2O9. The molecule has 2 bridgehead atoms. The molecule has 262 valence electrons. The summed E-state index contributed by atoms with van der Waals surface area (Å²) < 4.78 is 41.2. The number of hydrogen-bond acceptors (Lipinski definition) is 9. The summed E-state index contributed by atoms with van der Waals surface area (Å²) in [6, 6.07) is 9.78. The molecule has 0 N–H and O–H groups in total. The van der Waals surface area contributed by atoms with E-state index in [9.17, 15) is 9.59 Å². The number of nitrogens with zero attached hydrogens (tertiary/aromatic N) is 2. The monoisotopic (exact) mass is 674 g/mol. The molecule has 0 aromatic heterocycles. The van der Waals surface area contributed by atoms with E-state index in [2.05, 4.69) is 0 Å². The van der Waals surface area contributed by atoms with Crippen molar-refractivity contribution in [3.8, 4) is 34.5 Å². The van der Waals surface area contributed by atoms with E-state index in [1.54, 1.807) is 53.6 Å². The molecule has 2 aliphatic heterocycles. The number of piperazine rings is 1. The highest BCUT2D eigenvalue weighted by molar-refractivity contribution is 5.93. The van der Waals surface area contributed by atoms with Crippen molar-refractivity contribution in [2.24, 2.45) is 5.92 Å². The first kappa shape index (κ1) is 35.3. The summed E-state index contributed by atoms with van der Waals surface area (Å²) in [6.07, 6.45) is 1.44. The highest BCUT2D eigenvalue weighted by atomic mass is 16.6. The van der Waals surface area contributed by atoms with Gasteiger partial charge in [-0.15, -0.1) is 0 Å². The maximum absolute atomic E-state index is 14.9. The predicted octanol–water partition coefficient (Wildman–Crippen LogP) is 6.50. The molecule has 3 aromatic carbocycles. The average molecular weight is 675 g/mol. The zero-order valence-electron chi connectivity index (χ0n) is 30.0. The molecule has 0 spiro atoms. The summed E-state index contributed by atoms with van der Waals surface area (Å²) in [7, 11) is 9.43. The van der Waals surface area contributed by atoms with Crippen molar-refractivity contribution in [2.45, 2.75) is 52.7 Å². The Kier molecular flexibility index (Phi) is 10.5. The fraction of sp³-hybridized carbons (Fsp3) is 0.421. The number of hydrogen-bond donors (Lipinski definition) is 0. The van der Waals surface area contributed by atoms with Gasteiger partial charge >= 0.3 is 6.09 Å². The second-order valence-corrected chi connectivity index (χ2v) is 12.5.